The predicted molar refractivity (Wildman–Crippen MR) is 111 cm³/mol. The summed E-state index contributed by atoms with van der Waals surface area (Å²) >= 11 is 0. The van der Waals surface area contributed by atoms with Crippen LogP contribution in [-0.2, 0) is 0 Å². The maximum Gasteiger partial charge on any atom is 0.336 e. The molecule has 158 valence electrons. The van der Waals surface area contributed by atoms with E-state index in [1.165, 1.54) is 41.6 Å². The van der Waals surface area contributed by atoms with E-state index in [-0.39, 0.29) is 11.3 Å². The van der Waals surface area contributed by atoms with Gasteiger partial charge in [0, 0.05) is 10.9 Å². The van der Waals surface area contributed by atoms with Crippen LogP contribution in [0.25, 0.3) is 21.9 Å². The van der Waals surface area contributed by atoms with Crippen LogP contribution < -0.4 is 23.7 Å². The highest BCUT2D eigenvalue weighted by atomic mass is 16.5. The summed E-state index contributed by atoms with van der Waals surface area (Å²) in [5, 5.41) is 21.2. The molecule has 0 aliphatic rings. The lowest BCUT2D eigenvalue weighted by Gasteiger charge is -2.18. The number of phenolic OH excluding ortho intramolecular Hbond substituents is 1. The van der Waals surface area contributed by atoms with Crippen molar-refractivity contribution in [1.82, 2.24) is 0 Å². The Hall–Kier alpha value is -3.81. The van der Waals surface area contributed by atoms with Crippen molar-refractivity contribution >= 4 is 16.7 Å². The zero-order valence-corrected chi connectivity index (χ0v) is 17.2. The fourth-order valence-electron chi connectivity index (χ4n) is 3.43. The van der Waals surface area contributed by atoms with Gasteiger partial charge in [0.05, 0.1) is 41.1 Å². The number of aromatic hydroxyl groups is 1. The summed E-state index contributed by atoms with van der Waals surface area (Å²) in [5.74, 6) is 0.503. The molecule has 0 amide bonds. The van der Waals surface area contributed by atoms with E-state index in [9.17, 15) is 15.0 Å². The van der Waals surface area contributed by atoms with E-state index in [2.05, 4.69) is 0 Å². The molecular formula is C22H22O8. The van der Waals surface area contributed by atoms with Crippen LogP contribution in [0.5, 0.6) is 34.5 Å². The summed E-state index contributed by atoms with van der Waals surface area (Å²) < 4.78 is 26.9. The largest absolute Gasteiger partial charge is 0.507 e. The summed E-state index contributed by atoms with van der Waals surface area (Å²) in [4.78, 5) is 12.0. The number of ether oxygens (including phenoxy) is 5. The number of methoxy groups -OCH3 is 5. The fraction of sp³-hybridized carbons (Fsp3) is 0.227. The van der Waals surface area contributed by atoms with Gasteiger partial charge in [-0.2, -0.15) is 0 Å². The van der Waals surface area contributed by atoms with Crippen LogP contribution in [0.3, 0.4) is 0 Å². The number of fused-ring (bicyclic) bond motifs is 1. The Kier molecular flexibility index (Phi) is 5.77. The SMILES string of the molecule is COc1cc2c(O)cc(C(=O)O)c(-c3cc(OC)c(OC)c(OC)c3)c2cc1OC. The number of carboxylic acids is 1. The topological polar surface area (TPSA) is 104 Å². The number of hydrogen-bond acceptors (Lipinski definition) is 7. The highest BCUT2D eigenvalue weighted by Crippen LogP contribution is 2.47. The van der Waals surface area contributed by atoms with E-state index in [1.807, 2.05) is 0 Å². The lowest BCUT2D eigenvalue weighted by atomic mass is 9.91. The molecule has 0 fully saturated rings. The minimum absolute atomic E-state index is 0.0958. The van der Waals surface area contributed by atoms with E-state index in [0.717, 1.165) is 0 Å². The van der Waals surface area contributed by atoms with Gasteiger partial charge in [-0.15, -0.1) is 0 Å². The molecule has 30 heavy (non-hydrogen) atoms. The quantitative estimate of drug-likeness (QED) is 0.599. The van der Waals surface area contributed by atoms with Gasteiger partial charge in [0.2, 0.25) is 5.75 Å². The molecule has 0 radical (unpaired) electrons. The van der Waals surface area contributed by atoms with Gasteiger partial charge < -0.3 is 33.9 Å². The fourth-order valence-corrected chi connectivity index (χ4v) is 3.43. The molecule has 0 bridgehead atoms. The maximum absolute atomic E-state index is 12.0. The van der Waals surface area contributed by atoms with Crippen molar-refractivity contribution in [2.75, 3.05) is 35.5 Å². The van der Waals surface area contributed by atoms with Crippen LogP contribution in [0.2, 0.25) is 0 Å². The zero-order chi connectivity index (χ0) is 22.0. The zero-order valence-electron chi connectivity index (χ0n) is 17.2. The van der Waals surface area contributed by atoms with Crippen molar-refractivity contribution in [1.29, 1.82) is 0 Å². The first-order chi connectivity index (χ1) is 14.4. The van der Waals surface area contributed by atoms with E-state index in [1.54, 1.807) is 24.3 Å². The maximum atomic E-state index is 12.0. The molecule has 8 heteroatoms. The van der Waals surface area contributed by atoms with Gasteiger partial charge >= 0.3 is 5.97 Å². The Balaban J connectivity index is 2.49. The summed E-state index contributed by atoms with van der Waals surface area (Å²) in [6.07, 6.45) is 0. The Morgan fingerprint density at radius 1 is 0.700 bits per heavy atom. The van der Waals surface area contributed by atoms with Gasteiger partial charge in [0.15, 0.2) is 23.0 Å². The third-order valence-electron chi connectivity index (χ3n) is 4.80. The second kappa shape index (κ2) is 8.28. The highest BCUT2D eigenvalue weighted by Gasteiger charge is 2.23. The van der Waals surface area contributed by atoms with Crippen molar-refractivity contribution in [3.8, 4) is 45.6 Å². The lowest BCUT2D eigenvalue weighted by Crippen LogP contribution is -2.02. The predicted octanol–water partition coefficient (Wildman–Crippen LogP) is 3.95. The third kappa shape index (κ3) is 3.36. The van der Waals surface area contributed by atoms with Crippen LogP contribution in [0.4, 0.5) is 0 Å². The number of carbonyl (C=O) groups is 1. The monoisotopic (exact) mass is 414 g/mol. The van der Waals surface area contributed by atoms with Crippen LogP contribution in [0, 0.1) is 0 Å². The van der Waals surface area contributed by atoms with Gasteiger partial charge in [0.1, 0.15) is 5.75 Å². The highest BCUT2D eigenvalue weighted by molar-refractivity contribution is 6.11. The first-order valence-corrected chi connectivity index (χ1v) is 8.85. The first-order valence-electron chi connectivity index (χ1n) is 8.85. The number of hydrogen-bond donors (Lipinski definition) is 2. The second-order valence-corrected chi connectivity index (χ2v) is 6.29. The Bertz CT molecular complexity index is 1100. The molecular weight excluding hydrogens is 392 g/mol. The van der Waals surface area contributed by atoms with Crippen molar-refractivity contribution in [2.45, 2.75) is 0 Å². The minimum Gasteiger partial charge on any atom is -0.507 e. The van der Waals surface area contributed by atoms with Crippen molar-refractivity contribution in [2.24, 2.45) is 0 Å². The van der Waals surface area contributed by atoms with E-state index < -0.39 is 5.97 Å². The molecule has 0 spiro atoms. The summed E-state index contributed by atoms with van der Waals surface area (Å²) in [6, 6.07) is 7.72. The van der Waals surface area contributed by atoms with E-state index in [4.69, 9.17) is 23.7 Å². The molecule has 8 nitrogen and oxygen atoms in total. The van der Waals surface area contributed by atoms with Gasteiger partial charge in [-0.25, -0.2) is 4.79 Å². The molecule has 0 atom stereocenters. The Morgan fingerprint density at radius 2 is 1.20 bits per heavy atom. The molecule has 3 rings (SSSR count). The molecule has 2 N–H and O–H groups in total. The van der Waals surface area contributed by atoms with Gasteiger partial charge in [-0.3, -0.25) is 0 Å². The number of carboxylic acid groups (broad SMARTS) is 1. The molecule has 0 aliphatic carbocycles. The van der Waals surface area contributed by atoms with Crippen LogP contribution in [-0.4, -0.2) is 51.7 Å². The summed E-state index contributed by atoms with van der Waals surface area (Å²) in [6.45, 7) is 0. The van der Waals surface area contributed by atoms with Crippen molar-refractivity contribution < 1.29 is 38.7 Å². The molecule has 0 saturated heterocycles. The summed E-state index contributed by atoms with van der Waals surface area (Å²) in [5.41, 5.74) is 0.760. The Labute approximate surface area is 173 Å². The average molecular weight is 414 g/mol. The summed E-state index contributed by atoms with van der Waals surface area (Å²) in [7, 11) is 7.38. The molecule has 3 aromatic rings. The van der Waals surface area contributed by atoms with Crippen molar-refractivity contribution in [3.05, 3.63) is 35.9 Å². The molecule has 3 aromatic carbocycles. The third-order valence-corrected chi connectivity index (χ3v) is 4.80. The minimum atomic E-state index is -1.20. The number of aromatic carboxylic acids is 1. The smallest absolute Gasteiger partial charge is 0.336 e. The number of rotatable bonds is 7. The van der Waals surface area contributed by atoms with Crippen LogP contribution >= 0.6 is 0 Å². The van der Waals surface area contributed by atoms with Crippen molar-refractivity contribution in [3.63, 3.8) is 0 Å². The second-order valence-electron chi connectivity index (χ2n) is 6.29. The number of phenols is 1. The molecule has 0 aliphatic heterocycles. The number of benzene rings is 3. The van der Waals surface area contributed by atoms with Crippen LogP contribution in [0.1, 0.15) is 10.4 Å². The van der Waals surface area contributed by atoms with E-state index in [0.29, 0.717) is 50.6 Å². The normalized spacial score (nSPS) is 10.6. The van der Waals surface area contributed by atoms with Crippen LogP contribution in [0.15, 0.2) is 30.3 Å². The standard InChI is InChI=1S/C22H22O8/c1-26-16-9-12-13(10-17(16)27-2)20(14(22(24)25)8-15(12)23)11-6-18(28-3)21(30-5)19(7-11)29-4/h6-10,23H,1-5H3,(H,24,25). The first kappa shape index (κ1) is 20.9. The molecule has 0 unspecified atom stereocenters. The lowest BCUT2D eigenvalue weighted by molar-refractivity contribution is 0.0697. The molecule has 0 saturated carbocycles. The van der Waals surface area contributed by atoms with Gasteiger partial charge in [-0.1, -0.05) is 0 Å². The Morgan fingerprint density at radius 3 is 1.63 bits per heavy atom. The van der Waals surface area contributed by atoms with Gasteiger partial charge in [-0.05, 0) is 41.3 Å². The molecule has 0 heterocycles. The van der Waals surface area contributed by atoms with E-state index >= 15 is 0 Å². The van der Waals surface area contributed by atoms with Gasteiger partial charge in [0.25, 0.3) is 0 Å². The average Bonchev–Trinajstić information content (AvgIpc) is 2.76. The molecule has 0 aromatic heterocycles.